The maximum absolute atomic E-state index is 12.4. The molecule has 2 aliphatic heterocycles. The van der Waals surface area contributed by atoms with Crippen LogP contribution >= 0.6 is 0 Å². The van der Waals surface area contributed by atoms with E-state index < -0.39 is 0 Å². The lowest BCUT2D eigenvalue weighted by Crippen LogP contribution is -2.73. The number of likely N-dealkylation sites (tertiary alicyclic amines) is 1. The lowest BCUT2D eigenvalue weighted by molar-refractivity contribution is -0.176. The third-order valence-electron chi connectivity index (χ3n) is 5.77. The zero-order valence-corrected chi connectivity index (χ0v) is 11.3. The van der Waals surface area contributed by atoms with Crippen LogP contribution in [0.25, 0.3) is 0 Å². The fraction of sp³-hybridized carbons (Fsp3) is 0.857. The number of nitrogens with zero attached hydrogens (tertiary/aromatic N) is 1. The average molecular weight is 264 g/mol. The van der Waals surface area contributed by atoms with Crippen LogP contribution < -0.4 is 5.73 Å². The van der Waals surface area contributed by atoms with Crippen molar-refractivity contribution in [1.29, 1.82) is 0 Å². The molecule has 2 heterocycles. The Bertz CT molecular complexity index is 451. The minimum absolute atomic E-state index is 0.0164. The van der Waals surface area contributed by atoms with Gasteiger partial charge in [-0.1, -0.05) is 13.8 Å². The molecule has 19 heavy (non-hydrogen) atoms. The van der Waals surface area contributed by atoms with Gasteiger partial charge in [-0.05, 0) is 18.3 Å². The second-order valence-corrected chi connectivity index (χ2v) is 7.03. The van der Waals surface area contributed by atoms with Crippen molar-refractivity contribution in [2.45, 2.75) is 44.9 Å². The van der Waals surface area contributed by atoms with Crippen molar-refractivity contribution < 1.29 is 14.3 Å². The van der Waals surface area contributed by atoms with Gasteiger partial charge in [-0.2, -0.15) is 0 Å². The Kier molecular flexibility index (Phi) is 2.11. The molecular weight excluding hydrogens is 244 g/mol. The summed E-state index contributed by atoms with van der Waals surface area (Å²) >= 11 is 0. The third kappa shape index (κ3) is 1.23. The van der Waals surface area contributed by atoms with E-state index in [1.165, 1.54) is 4.90 Å². The van der Waals surface area contributed by atoms with Gasteiger partial charge < -0.3 is 10.5 Å². The van der Waals surface area contributed by atoms with Gasteiger partial charge in [-0.3, -0.25) is 14.5 Å². The molecule has 0 aromatic heterocycles. The normalized spacial score (nSPS) is 50.6. The van der Waals surface area contributed by atoms with Crippen molar-refractivity contribution in [2.24, 2.45) is 28.9 Å². The number of hydrogen-bond acceptors (Lipinski definition) is 4. The van der Waals surface area contributed by atoms with Gasteiger partial charge in [-0.15, -0.1) is 0 Å². The number of fused-ring (bicyclic) bond motifs is 2. The Morgan fingerprint density at radius 2 is 1.89 bits per heavy atom. The quantitative estimate of drug-likeness (QED) is 0.683. The summed E-state index contributed by atoms with van der Waals surface area (Å²) in [5, 5.41) is 0. The molecule has 0 bridgehead atoms. The van der Waals surface area contributed by atoms with Crippen molar-refractivity contribution in [2.75, 3.05) is 6.61 Å². The average Bonchev–Trinajstić information content (AvgIpc) is 2.85. The number of carbonyl (C=O) groups excluding carboxylic acids is 2. The van der Waals surface area contributed by atoms with Crippen LogP contribution in [-0.2, 0) is 14.3 Å². The Labute approximate surface area is 112 Å². The van der Waals surface area contributed by atoms with Gasteiger partial charge >= 0.3 is 0 Å². The third-order valence-corrected chi connectivity index (χ3v) is 5.77. The molecule has 4 fully saturated rings. The molecule has 0 spiro atoms. The van der Waals surface area contributed by atoms with Gasteiger partial charge in [0.15, 0.2) is 0 Å². The number of imide groups is 1. The fourth-order valence-electron chi connectivity index (χ4n) is 4.50. The van der Waals surface area contributed by atoms with Crippen molar-refractivity contribution >= 4 is 11.8 Å². The van der Waals surface area contributed by atoms with E-state index >= 15 is 0 Å². The van der Waals surface area contributed by atoms with E-state index in [0.717, 1.165) is 19.4 Å². The van der Waals surface area contributed by atoms with Gasteiger partial charge in [0.05, 0.1) is 24.0 Å². The van der Waals surface area contributed by atoms with Crippen LogP contribution in [0.4, 0.5) is 0 Å². The minimum atomic E-state index is -0.214. The summed E-state index contributed by atoms with van der Waals surface area (Å²) < 4.78 is 5.74. The molecule has 6 atom stereocenters. The highest BCUT2D eigenvalue weighted by Crippen LogP contribution is 2.64. The molecule has 4 rings (SSSR count). The molecule has 2 N–H and O–H groups in total. The molecule has 2 amide bonds. The second-order valence-electron chi connectivity index (χ2n) is 7.03. The van der Waals surface area contributed by atoms with Gasteiger partial charge in [0, 0.05) is 18.6 Å². The van der Waals surface area contributed by atoms with E-state index in [0.29, 0.717) is 5.92 Å². The van der Waals surface area contributed by atoms with Crippen LogP contribution in [0.3, 0.4) is 0 Å². The largest absolute Gasteiger partial charge is 0.376 e. The van der Waals surface area contributed by atoms with Crippen molar-refractivity contribution in [3.63, 3.8) is 0 Å². The summed E-state index contributed by atoms with van der Waals surface area (Å²) in [7, 11) is 0. The zero-order chi connectivity index (χ0) is 13.5. The van der Waals surface area contributed by atoms with Gasteiger partial charge in [0.1, 0.15) is 0 Å². The van der Waals surface area contributed by atoms with E-state index in [-0.39, 0.29) is 47.3 Å². The van der Waals surface area contributed by atoms with E-state index in [9.17, 15) is 9.59 Å². The summed E-state index contributed by atoms with van der Waals surface area (Å²) in [4.78, 5) is 26.3. The van der Waals surface area contributed by atoms with Crippen molar-refractivity contribution in [3.05, 3.63) is 0 Å². The van der Waals surface area contributed by atoms with Gasteiger partial charge in [0.2, 0.25) is 11.8 Å². The lowest BCUT2D eigenvalue weighted by Gasteiger charge is -2.55. The first-order valence-electron chi connectivity index (χ1n) is 7.20. The van der Waals surface area contributed by atoms with Crippen LogP contribution in [-0.4, -0.2) is 41.5 Å². The molecule has 2 saturated carbocycles. The molecular formula is C14H20N2O3. The highest BCUT2D eigenvalue weighted by atomic mass is 16.5. The van der Waals surface area contributed by atoms with E-state index in [1.54, 1.807) is 0 Å². The fourth-order valence-corrected chi connectivity index (χ4v) is 4.50. The first-order chi connectivity index (χ1) is 8.96. The maximum Gasteiger partial charge on any atom is 0.234 e. The Morgan fingerprint density at radius 1 is 1.26 bits per heavy atom. The molecule has 5 nitrogen and oxygen atoms in total. The maximum atomic E-state index is 12.4. The predicted molar refractivity (Wildman–Crippen MR) is 66.8 cm³/mol. The molecule has 6 unspecified atom stereocenters. The lowest BCUT2D eigenvalue weighted by atomic mass is 9.68. The van der Waals surface area contributed by atoms with E-state index in [4.69, 9.17) is 10.5 Å². The zero-order valence-electron chi connectivity index (χ0n) is 11.3. The summed E-state index contributed by atoms with van der Waals surface area (Å²) in [6.45, 7) is 4.71. The van der Waals surface area contributed by atoms with Crippen LogP contribution in [0.2, 0.25) is 0 Å². The first-order valence-corrected chi connectivity index (χ1v) is 7.20. The number of carbonyl (C=O) groups is 2. The Balaban J connectivity index is 1.58. The molecule has 4 aliphatic rings. The van der Waals surface area contributed by atoms with Crippen LogP contribution in [0.15, 0.2) is 0 Å². The first kappa shape index (κ1) is 11.9. The molecule has 2 aliphatic carbocycles. The van der Waals surface area contributed by atoms with Crippen LogP contribution in [0, 0.1) is 23.2 Å². The SMILES string of the molecule is CC1(C)C2C(=O)N(C3C(N)C4CCCOC43)C(=O)C21. The summed E-state index contributed by atoms with van der Waals surface area (Å²) in [5.74, 6) is 0.0510. The highest BCUT2D eigenvalue weighted by molar-refractivity contribution is 6.10. The molecule has 2 saturated heterocycles. The smallest absolute Gasteiger partial charge is 0.234 e. The van der Waals surface area contributed by atoms with Gasteiger partial charge in [0.25, 0.3) is 0 Å². The van der Waals surface area contributed by atoms with E-state index in [2.05, 4.69) is 0 Å². The summed E-state index contributed by atoms with van der Waals surface area (Å²) in [6, 6.07) is -0.312. The summed E-state index contributed by atoms with van der Waals surface area (Å²) in [6.07, 6.45) is 2.07. The molecule has 0 aromatic carbocycles. The number of hydrogen-bond donors (Lipinski definition) is 1. The Morgan fingerprint density at radius 3 is 2.53 bits per heavy atom. The number of amides is 2. The molecule has 0 aromatic rings. The predicted octanol–water partition coefficient (Wildman–Crippen LogP) is 0.132. The standard InChI is InChI=1S/C14H20N2O3/c1-14(2)7-8(14)13(18)16(12(7)17)10-9(15)6-4-3-5-19-11(6)10/h6-11H,3-5,15H2,1-2H3. The van der Waals surface area contributed by atoms with E-state index in [1.807, 2.05) is 13.8 Å². The van der Waals surface area contributed by atoms with Crippen molar-refractivity contribution in [3.8, 4) is 0 Å². The molecule has 0 radical (unpaired) electrons. The monoisotopic (exact) mass is 264 g/mol. The molecule has 5 heteroatoms. The van der Waals surface area contributed by atoms with Crippen LogP contribution in [0.1, 0.15) is 26.7 Å². The Hall–Kier alpha value is -0.940. The van der Waals surface area contributed by atoms with Crippen molar-refractivity contribution in [1.82, 2.24) is 4.90 Å². The second kappa shape index (κ2) is 3.38. The number of rotatable bonds is 1. The van der Waals surface area contributed by atoms with Gasteiger partial charge in [-0.25, -0.2) is 0 Å². The number of piperidine rings is 1. The summed E-state index contributed by atoms with van der Waals surface area (Å²) in [5.41, 5.74) is 6.04. The van der Waals surface area contributed by atoms with Crippen LogP contribution in [0.5, 0.6) is 0 Å². The number of nitrogens with two attached hydrogens (primary N) is 1. The highest BCUT2D eigenvalue weighted by Gasteiger charge is 2.75. The topological polar surface area (TPSA) is 72.6 Å². The molecule has 104 valence electrons. The number of ether oxygens (including phenoxy) is 1. The minimum Gasteiger partial charge on any atom is -0.376 e.